The predicted octanol–water partition coefficient (Wildman–Crippen LogP) is 11.6. The van der Waals surface area contributed by atoms with E-state index < -0.39 is 47.3 Å². The van der Waals surface area contributed by atoms with Gasteiger partial charge in [0.15, 0.2) is 11.6 Å². The summed E-state index contributed by atoms with van der Waals surface area (Å²) in [4.78, 5) is 77.6. The average Bonchev–Trinajstić information content (AvgIpc) is 3.22. The number of ketones is 2. The monoisotopic (exact) mass is 954 g/mol. The summed E-state index contributed by atoms with van der Waals surface area (Å²) in [6, 6.07) is 21.3. The highest BCUT2D eigenvalue weighted by atomic mass is 35.5. The number of nitrogens with one attached hydrogen (secondary N) is 4. The number of halogens is 6. The van der Waals surface area contributed by atoms with Crippen molar-refractivity contribution in [3.8, 4) is 0 Å². The van der Waals surface area contributed by atoms with Crippen LogP contribution >= 0.6 is 69.6 Å². The molecule has 4 N–H and O–H groups in total. The number of azo groups is 2. The number of benzene rings is 5. The number of anilines is 4. The average molecular weight is 957 g/mol. The summed E-state index contributed by atoms with van der Waals surface area (Å²) in [5.41, 5.74) is 2.88. The molecular formula is C42H32Cl6N8O6. The topological polar surface area (TPSA) is 200 Å². The Hall–Kier alpha value is -5.74. The lowest BCUT2D eigenvalue weighted by molar-refractivity contribution is -0.127. The molecule has 0 saturated carbocycles. The van der Waals surface area contributed by atoms with E-state index in [1.807, 2.05) is 0 Å². The number of amides is 4. The Balaban J connectivity index is 1.26. The molecule has 2 atom stereocenters. The largest absolute Gasteiger partial charge is 0.322 e. The Morgan fingerprint density at radius 1 is 0.516 bits per heavy atom. The van der Waals surface area contributed by atoms with E-state index in [2.05, 4.69) is 41.7 Å². The zero-order chi connectivity index (χ0) is 45.1. The normalized spacial score (nSPS) is 12.1. The number of alkyl halides is 2. The van der Waals surface area contributed by atoms with E-state index in [4.69, 9.17) is 69.6 Å². The van der Waals surface area contributed by atoms with Crippen molar-refractivity contribution >= 4 is 139 Å². The van der Waals surface area contributed by atoms with Crippen molar-refractivity contribution in [2.75, 3.05) is 21.3 Å². The van der Waals surface area contributed by atoms with E-state index >= 15 is 0 Å². The third-order valence-electron chi connectivity index (χ3n) is 8.38. The van der Waals surface area contributed by atoms with Gasteiger partial charge in [-0.1, -0.05) is 70.7 Å². The van der Waals surface area contributed by atoms with Gasteiger partial charge in [0.05, 0.1) is 32.8 Å². The molecule has 0 spiro atoms. The second-order valence-corrected chi connectivity index (χ2v) is 15.4. The quantitative estimate of drug-likeness (QED) is 0.0431. The first-order valence-electron chi connectivity index (χ1n) is 18.0. The SMILES string of the molecule is CC(=O)C(N=Nc1cc(Cl)cc(C(=O)Nc2cccc(CCl)c2)c1)C(=O)Nc1cc(Cl)c(NC(=O)C(N=Nc2cc(Cl)cc(C(=O)Nc3cccc(CCl)c3)c2)C(C)=O)cc1Cl. The third kappa shape index (κ3) is 13.1. The zero-order valence-corrected chi connectivity index (χ0v) is 36.8. The van der Waals surface area contributed by atoms with E-state index in [9.17, 15) is 28.8 Å². The molecule has 0 bridgehead atoms. The summed E-state index contributed by atoms with van der Waals surface area (Å²) in [7, 11) is 0. The summed E-state index contributed by atoms with van der Waals surface area (Å²) in [5, 5.41) is 26.3. The Bertz CT molecular complexity index is 2460. The van der Waals surface area contributed by atoms with Crippen molar-refractivity contribution < 1.29 is 28.8 Å². The highest BCUT2D eigenvalue weighted by molar-refractivity contribution is 6.38. The maximum absolute atomic E-state index is 13.3. The molecule has 2 unspecified atom stereocenters. The van der Waals surface area contributed by atoms with Crippen molar-refractivity contribution in [2.45, 2.75) is 37.7 Å². The molecule has 0 aliphatic heterocycles. The Kier molecular flexibility index (Phi) is 16.7. The van der Waals surface area contributed by atoms with Crippen LogP contribution in [0.1, 0.15) is 45.7 Å². The predicted molar refractivity (Wildman–Crippen MR) is 242 cm³/mol. The molecule has 62 heavy (non-hydrogen) atoms. The van der Waals surface area contributed by atoms with E-state index in [1.54, 1.807) is 48.5 Å². The maximum atomic E-state index is 13.3. The zero-order valence-electron chi connectivity index (χ0n) is 32.3. The minimum atomic E-state index is -1.67. The van der Waals surface area contributed by atoms with Crippen LogP contribution in [-0.2, 0) is 30.9 Å². The molecule has 0 aliphatic carbocycles. The number of rotatable bonds is 16. The van der Waals surface area contributed by atoms with Gasteiger partial charge in [-0.05, 0) is 97.8 Å². The van der Waals surface area contributed by atoms with Gasteiger partial charge in [-0.2, -0.15) is 20.5 Å². The molecule has 0 aromatic heterocycles. The van der Waals surface area contributed by atoms with Gasteiger partial charge in [0.2, 0.25) is 12.1 Å². The van der Waals surface area contributed by atoms with Crippen LogP contribution in [0.25, 0.3) is 0 Å². The Morgan fingerprint density at radius 2 is 0.903 bits per heavy atom. The van der Waals surface area contributed by atoms with Gasteiger partial charge in [0.1, 0.15) is 0 Å². The van der Waals surface area contributed by atoms with Crippen LogP contribution in [0.2, 0.25) is 20.1 Å². The van der Waals surface area contributed by atoms with Gasteiger partial charge in [-0.25, -0.2) is 0 Å². The summed E-state index contributed by atoms with van der Waals surface area (Å²) in [5.74, 6) is -3.76. The molecule has 4 amide bonds. The van der Waals surface area contributed by atoms with Crippen LogP contribution in [-0.4, -0.2) is 47.3 Å². The van der Waals surface area contributed by atoms with Crippen LogP contribution in [0.3, 0.4) is 0 Å². The smallest absolute Gasteiger partial charge is 0.258 e. The molecule has 14 nitrogen and oxygen atoms in total. The molecule has 5 aromatic rings. The van der Waals surface area contributed by atoms with Gasteiger partial charge >= 0.3 is 0 Å². The third-order valence-corrected chi connectivity index (χ3v) is 10.1. The fraction of sp³-hybridized carbons (Fsp3) is 0.143. The van der Waals surface area contributed by atoms with Gasteiger partial charge < -0.3 is 21.3 Å². The first kappa shape index (κ1) is 47.3. The minimum Gasteiger partial charge on any atom is -0.322 e. The summed E-state index contributed by atoms with van der Waals surface area (Å²) < 4.78 is 0. The lowest BCUT2D eigenvalue weighted by Gasteiger charge is -2.15. The molecule has 5 aromatic carbocycles. The van der Waals surface area contributed by atoms with Crippen molar-refractivity contribution in [1.82, 2.24) is 0 Å². The molecule has 20 heteroatoms. The molecule has 0 fully saturated rings. The molecular weight excluding hydrogens is 925 g/mol. The molecule has 0 saturated heterocycles. The van der Waals surface area contributed by atoms with Gasteiger partial charge in [-0.3, -0.25) is 28.8 Å². The van der Waals surface area contributed by atoms with E-state index in [1.165, 1.54) is 48.5 Å². The van der Waals surface area contributed by atoms with Crippen LogP contribution in [0.15, 0.2) is 118 Å². The number of hydrogen-bond acceptors (Lipinski definition) is 10. The molecule has 0 radical (unpaired) electrons. The van der Waals surface area contributed by atoms with E-state index in [0.29, 0.717) is 11.4 Å². The van der Waals surface area contributed by atoms with Crippen molar-refractivity contribution in [3.63, 3.8) is 0 Å². The lowest BCUT2D eigenvalue weighted by Crippen LogP contribution is -2.32. The van der Waals surface area contributed by atoms with E-state index in [0.717, 1.165) is 25.0 Å². The standard InChI is InChI=1S/C42H32Cl6N8O6/c1-21(57)37(55-53-31-13-25(11-27(45)15-31)39(59)49-29-7-3-5-23(9-29)19-43)41(61)51-35-17-34(48)36(18-33(35)47)52-42(62)38(22(2)58)56-54-32-14-26(12-28(46)16-32)40(60)50-30-8-4-6-24(10-30)20-44/h3-18,37-38H,19-20H2,1-2H3,(H,49,59)(H,50,60)(H,51,61)(H,52,62). The number of carbonyl (C=O) groups excluding carboxylic acids is 6. The van der Waals surface area contributed by atoms with Crippen molar-refractivity contribution in [1.29, 1.82) is 0 Å². The van der Waals surface area contributed by atoms with Crippen LogP contribution in [0, 0.1) is 0 Å². The molecule has 0 heterocycles. The van der Waals surface area contributed by atoms with Crippen LogP contribution in [0.4, 0.5) is 34.1 Å². The van der Waals surface area contributed by atoms with Crippen molar-refractivity contribution in [2.24, 2.45) is 20.5 Å². The van der Waals surface area contributed by atoms with Gasteiger partial charge in [0, 0.05) is 44.3 Å². The summed E-state index contributed by atoms with van der Waals surface area (Å²) in [6.45, 7) is 2.24. The van der Waals surface area contributed by atoms with Gasteiger partial charge in [0.25, 0.3) is 23.6 Å². The number of nitrogens with zero attached hydrogens (tertiary/aromatic N) is 4. The van der Waals surface area contributed by atoms with Crippen molar-refractivity contribution in [3.05, 3.63) is 139 Å². The highest BCUT2D eigenvalue weighted by Gasteiger charge is 2.27. The number of Topliss-reactive ketones (excluding diaryl/α,β-unsaturated/α-hetero) is 2. The second-order valence-electron chi connectivity index (χ2n) is 13.2. The lowest BCUT2D eigenvalue weighted by atomic mass is 10.1. The first-order valence-corrected chi connectivity index (χ1v) is 20.6. The van der Waals surface area contributed by atoms with Gasteiger partial charge in [-0.15, -0.1) is 23.2 Å². The van der Waals surface area contributed by atoms with E-state index in [-0.39, 0.29) is 65.7 Å². The van der Waals surface area contributed by atoms with Crippen LogP contribution < -0.4 is 21.3 Å². The minimum absolute atomic E-state index is 0.0589. The summed E-state index contributed by atoms with van der Waals surface area (Å²) >= 11 is 37.2. The second kappa shape index (κ2) is 21.9. The molecule has 0 aliphatic rings. The number of hydrogen-bond donors (Lipinski definition) is 4. The highest BCUT2D eigenvalue weighted by Crippen LogP contribution is 2.34. The Morgan fingerprint density at radius 3 is 1.26 bits per heavy atom. The molecule has 5 rings (SSSR count). The fourth-order valence-corrected chi connectivity index (χ4v) is 6.64. The number of carbonyl (C=O) groups is 6. The summed E-state index contributed by atoms with van der Waals surface area (Å²) in [6.07, 6.45) is 0. The van der Waals surface area contributed by atoms with Crippen LogP contribution in [0.5, 0.6) is 0 Å². The molecule has 318 valence electrons. The maximum Gasteiger partial charge on any atom is 0.258 e. The Labute approximate surface area is 384 Å². The first-order chi connectivity index (χ1) is 29.5. The fourth-order valence-electron chi connectivity index (χ4n) is 5.42.